The first-order valence-electron chi connectivity index (χ1n) is 5.61. The summed E-state index contributed by atoms with van der Waals surface area (Å²) >= 11 is 3.49. The second-order valence-electron chi connectivity index (χ2n) is 4.16. The van der Waals surface area contributed by atoms with Crippen molar-refractivity contribution in [1.82, 2.24) is 4.98 Å². The van der Waals surface area contributed by atoms with E-state index in [1.54, 1.807) is 6.07 Å². The predicted octanol–water partition coefficient (Wildman–Crippen LogP) is 3.95. The van der Waals surface area contributed by atoms with Crippen LogP contribution in [0.3, 0.4) is 0 Å². The van der Waals surface area contributed by atoms with Crippen molar-refractivity contribution in [3.05, 3.63) is 51.8 Å². The molecule has 1 heterocycles. The molecule has 0 unspecified atom stereocenters. The number of carboxylic acid groups (broad SMARTS) is 1. The minimum atomic E-state index is -1.05. The Morgan fingerprint density at radius 2 is 1.84 bits per heavy atom. The third kappa shape index (κ3) is 3.12. The highest BCUT2D eigenvalue weighted by atomic mass is 79.9. The predicted molar refractivity (Wildman–Crippen MR) is 74.9 cm³/mol. The highest BCUT2D eigenvalue weighted by molar-refractivity contribution is 9.10. The number of benzene rings is 1. The van der Waals surface area contributed by atoms with Crippen LogP contribution in [-0.4, -0.2) is 16.1 Å². The lowest BCUT2D eigenvalue weighted by Gasteiger charge is -2.09. The third-order valence-corrected chi connectivity index (χ3v) is 3.85. The highest BCUT2D eigenvalue weighted by Crippen LogP contribution is 2.29. The average molecular weight is 322 g/mol. The van der Waals surface area contributed by atoms with Gasteiger partial charge in [0.15, 0.2) is 0 Å². The first kappa shape index (κ1) is 13.5. The van der Waals surface area contributed by atoms with Gasteiger partial charge in [-0.1, -0.05) is 15.9 Å². The van der Waals surface area contributed by atoms with Crippen molar-refractivity contribution in [3.8, 4) is 11.5 Å². The smallest absolute Gasteiger partial charge is 0.354 e. The molecular formula is C14H12BrNO3. The molecule has 19 heavy (non-hydrogen) atoms. The fourth-order valence-corrected chi connectivity index (χ4v) is 1.90. The third-order valence-electron chi connectivity index (χ3n) is 2.60. The Labute approximate surface area is 119 Å². The van der Waals surface area contributed by atoms with Crippen molar-refractivity contribution < 1.29 is 14.6 Å². The molecular weight excluding hydrogens is 310 g/mol. The van der Waals surface area contributed by atoms with Gasteiger partial charge in [-0.2, -0.15) is 0 Å². The van der Waals surface area contributed by atoms with E-state index in [2.05, 4.69) is 20.9 Å². The van der Waals surface area contributed by atoms with Crippen molar-refractivity contribution in [2.45, 2.75) is 13.8 Å². The van der Waals surface area contributed by atoms with E-state index in [4.69, 9.17) is 9.84 Å². The van der Waals surface area contributed by atoms with Gasteiger partial charge >= 0.3 is 5.97 Å². The summed E-state index contributed by atoms with van der Waals surface area (Å²) < 4.78 is 6.71. The molecule has 0 fully saturated rings. The van der Waals surface area contributed by atoms with E-state index < -0.39 is 5.97 Å². The lowest BCUT2D eigenvalue weighted by Crippen LogP contribution is -1.99. The van der Waals surface area contributed by atoms with Crippen LogP contribution in [0.5, 0.6) is 11.5 Å². The number of hydrogen-bond acceptors (Lipinski definition) is 3. The van der Waals surface area contributed by atoms with Crippen LogP contribution < -0.4 is 4.74 Å². The molecule has 2 aromatic rings. The van der Waals surface area contributed by atoms with Gasteiger partial charge < -0.3 is 9.84 Å². The Morgan fingerprint density at radius 1 is 1.21 bits per heavy atom. The SMILES string of the molecule is Cc1cc(Oc2ccc(C(=O)O)nc2)cc(C)c1Br. The summed E-state index contributed by atoms with van der Waals surface area (Å²) in [6, 6.07) is 6.81. The molecule has 0 radical (unpaired) electrons. The van der Waals surface area contributed by atoms with Crippen LogP contribution in [-0.2, 0) is 0 Å². The molecule has 0 aliphatic heterocycles. The number of rotatable bonds is 3. The normalized spacial score (nSPS) is 10.3. The molecule has 2 rings (SSSR count). The zero-order valence-corrected chi connectivity index (χ0v) is 12.1. The number of ether oxygens (including phenoxy) is 1. The number of halogens is 1. The molecule has 0 saturated carbocycles. The van der Waals surface area contributed by atoms with Gasteiger partial charge in [0.2, 0.25) is 0 Å². The molecule has 0 atom stereocenters. The summed E-state index contributed by atoms with van der Waals surface area (Å²) in [6.07, 6.45) is 1.40. The molecule has 1 N–H and O–H groups in total. The Kier molecular flexibility index (Phi) is 3.85. The highest BCUT2D eigenvalue weighted by Gasteiger charge is 2.07. The lowest BCUT2D eigenvalue weighted by molar-refractivity contribution is 0.0690. The maximum absolute atomic E-state index is 10.7. The first-order valence-corrected chi connectivity index (χ1v) is 6.40. The van der Waals surface area contributed by atoms with E-state index in [-0.39, 0.29) is 5.69 Å². The van der Waals surface area contributed by atoms with Crippen LogP contribution in [0.4, 0.5) is 0 Å². The van der Waals surface area contributed by atoms with Gasteiger partial charge in [-0.15, -0.1) is 0 Å². The van der Waals surface area contributed by atoms with E-state index >= 15 is 0 Å². The van der Waals surface area contributed by atoms with Crippen molar-refractivity contribution in [1.29, 1.82) is 0 Å². The minimum Gasteiger partial charge on any atom is -0.477 e. The molecule has 0 aliphatic carbocycles. The molecule has 0 amide bonds. The van der Waals surface area contributed by atoms with E-state index in [0.29, 0.717) is 11.5 Å². The van der Waals surface area contributed by atoms with Gasteiger partial charge in [-0.05, 0) is 49.2 Å². The summed E-state index contributed by atoms with van der Waals surface area (Å²) in [7, 11) is 0. The lowest BCUT2D eigenvalue weighted by atomic mass is 10.1. The number of pyridine rings is 1. The number of carbonyl (C=O) groups is 1. The number of nitrogens with zero attached hydrogens (tertiary/aromatic N) is 1. The van der Waals surface area contributed by atoms with Crippen molar-refractivity contribution in [2.24, 2.45) is 0 Å². The van der Waals surface area contributed by atoms with E-state index in [9.17, 15) is 4.79 Å². The zero-order chi connectivity index (χ0) is 14.0. The Balaban J connectivity index is 2.24. The minimum absolute atomic E-state index is 0.00415. The van der Waals surface area contributed by atoms with Crippen LogP contribution in [0.1, 0.15) is 21.6 Å². The largest absolute Gasteiger partial charge is 0.477 e. The van der Waals surface area contributed by atoms with E-state index in [0.717, 1.165) is 15.6 Å². The van der Waals surface area contributed by atoms with Crippen molar-refractivity contribution in [3.63, 3.8) is 0 Å². The standard InChI is InChI=1S/C14H12BrNO3/c1-8-5-11(6-9(2)13(8)15)19-10-3-4-12(14(17)18)16-7-10/h3-7H,1-2H3,(H,17,18). The molecule has 0 aliphatic rings. The maximum Gasteiger partial charge on any atom is 0.354 e. The molecule has 0 saturated heterocycles. The quantitative estimate of drug-likeness (QED) is 0.929. The molecule has 1 aromatic carbocycles. The van der Waals surface area contributed by atoms with Crippen LogP contribution in [0.2, 0.25) is 0 Å². The molecule has 98 valence electrons. The fourth-order valence-electron chi connectivity index (χ4n) is 1.67. The molecule has 0 bridgehead atoms. The molecule has 4 nitrogen and oxygen atoms in total. The van der Waals surface area contributed by atoms with Gasteiger partial charge in [0, 0.05) is 4.47 Å². The summed E-state index contributed by atoms with van der Waals surface area (Å²) in [6.45, 7) is 3.96. The van der Waals surface area contributed by atoms with Crippen molar-refractivity contribution in [2.75, 3.05) is 0 Å². The van der Waals surface area contributed by atoms with Crippen LogP contribution in [0.15, 0.2) is 34.9 Å². The van der Waals surface area contributed by atoms with E-state index in [1.165, 1.54) is 12.3 Å². The first-order chi connectivity index (χ1) is 8.97. The monoisotopic (exact) mass is 321 g/mol. The van der Waals surface area contributed by atoms with Gasteiger partial charge in [0.1, 0.15) is 17.2 Å². The summed E-state index contributed by atoms with van der Waals surface area (Å²) in [5.74, 6) is 0.149. The fraction of sp³-hybridized carbons (Fsp3) is 0.143. The van der Waals surface area contributed by atoms with Crippen LogP contribution in [0, 0.1) is 13.8 Å². The molecule has 1 aromatic heterocycles. The number of aryl methyl sites for hydroxylation is 2. The Morgan fingerprint density at radius 3 is 2.32 bits per heavy atom. The second kappa shape index (κ2) is 5.40. The number of carboxylic acids is 1. The zero-order valence-electron chi connectivity index (χ0n) is 10.5. The summed E-state index contributed by atoms with van der Waals surface area (Å²) in [5.41, 5.74) is 2.14. The topological polar surface area (TPSA) is 59.4 Å². The second-order valence-corrected chi connectivity index (χ2v) is 4.95. The van der Waals surface area contributed by atoms with Gasteiger partial charge in [-0.3, -0.25) is 0 Å². The maximum atomic E-state index is 10.7. The average Bonchev–Trinajstić information content (AvgIpc) is 2.36. The molecule has 5 heteroatoms. The Bertz CT molecular complexity index is 600. The number of aromatic nitrogens is 1. The van der Waals surface area contributed by atoms with Gasteiger partial charge in [0.25, 0.3) is 0 Å². The Hall–Kier alpha value is -1.88. The number of hydrogen-bond donors (Lipinski definition) is 1. The van der Waals surface area contributed by atoms with Gasteiger partial charge in [0.05, 0.1) is 6.20 Å². The summed E-state index contributed by atoms with van der Waals surface area (Å²) in [5, 5.41) is 8.76. The number of aromatic carboxylic acids is 1. The summed E-state index contributed by atoms with van der Waals surface area (Å²) in [4.78, 5) is 14.5. The van der Waals surface area contributed by atoms with Crippen LogP contribution in [0.25, 0.3) is 0 Å². The van der Waals surface area contributed by atoms with E-state index in [1.807, 2.05) is 26.0 Å². The van der Waals surface area contributed by atoms with Crippen molar-refractivity contribution >= 4 is 21.9 Å². The van der Waals surface area contributed by atoms with Gasteiger partial charge in [-0.25, -0.2) is 9.78 Å². The van der Waals surface area contributed by atoms with Crippen LogP contribution >= 0.6 is 15.9 Å². The molecule has 0 spiro atoms.